The van der Waals surface area contributed by atoms with Gasteiger partial charge in [0.15, 0.2) is 5.75 Å². The van der Waals surface area contributed by atoms with Crippen molar-refractivity contribution < 1.29 is 9.15 Å². The molecule has 0 bridgehead atoms. The van der Waals surface area contributed by atoms with Gasteiger partial charge in [-0.05, 0) is 118 Å². The van der Waals surface area contributed by atoms with E-state index in [0.717, 1.165) is 95.2 Å². The van der Waals surface area contributed by atoms with Crippen LogP contribution in [-0.4, -0.2) is 0 Å². The third kappa shape index (κ3) is 6.93. The number of furan rings is 1. The Labute approximate surface area is 465 Å². The number of hydrogen-bond donors (Lipinski definition) is 0. The minimum Gasteiger partial charge on any atom is -0.455 e. The average Bonchev–Trinajstić information content (AvgIpc) is 4.30. The number of nitrogens with zero attached hydrogens (tertiary/aromatic N) is 2. The highest BCUT2D eigenvalue weighted by Gasteiger charge is 2.52. The summed E-state index contributed by atoms with van der Waals surface area (Å²) in [6.45, 7) is 0. The molecule has 6 heteroatoms. The molecule has 0 N–H and O–H groups in total. The Bertz CT molecular complexity index is 4730. The van der Waals surface area contributed by atoms with E-state index in [0.29, 0.717) is 10.8 Å². The topological polar surface area (TPSA) is 28.9 Å². The molecule has 0 saturated carbocycles. The Morgan fingerprint density at radius 1 is 0.380 bits per heavy atom. The smallest absolute Gasteiger partial charge is 0.150 e. The van der Waals surface area contributed by atoms with Gasteiger partial charge in [0.1, 0.15) is 16.9 Å². The summed E-state index contributed by atoms with van der Waals surface area (Å²) >= 11 is 9.22. The van der Waals surface area contributed by atoms with Crippen molar-refractivity contribution in [3.63, 3.8) is 0 Å². The monoisotopic (exact) mass is 1050 g/mol. The molecule has 0 fully saturated rings. The lowest BCUT2D eigenvalue weighted by molar-refractivity contribution is 0.437. The van der Waals surface area contributed by atoms with Crippen LogP contribution in [0.1, 0.15) is 22.3 Å². The second-order valence-electron chi connectivity index (χ2n) is 20.4. The number of hydrogen-bond acceptors (Lipinski definition) is 5. The van der Waals surface area contributed by atoms with Crippen LogP contribution in [0, 0.1) is 0 Å². The van der Waals surface area contributed by atoms with Gasteiger partial charge in [-0.2, -0.15) is 0 Å². The molecule has 1 aliphatic heterocycles. The third-order valence-corrected chi connectivity index (χ3v) is 17.6. The largest absolute Gasteiger partial charge is 0.455 e. The zero-order valence-electron chi connectivity index (χ0n) is 42.5. The fraction of sp³-hybridized carbons (Fsp3) is 0.0137. The van der Waals surface area contributed by atoms with Crippen LogP contribution in [0.4, 0.5) is 34.1 Å². The molecule has 3 heterocycles. The zero-order chi connectivity index (χ0) is 52.2. The number of fused-ring (bicyclic) bond motifs is 15. The standard InChI is InChI=1S/C73H45ClN2O2S/c74-63-33-19-32-62-72(63)78-66-45-51(75(48-24-9-3-10-25-48)52-43-56(46-20-5-1-6-21-46)71-58(44-52)54-29-14-17-34-65(54)77-71)37-39-61(66)73(62)59-31-16-13-28-53(59)57-42-50(36-38-60(57)73)76(49-26-11-4-12-27-49)64-40-41-68-70(55-30-15-18-35-67(55)79-68)69(64)47-22-7-2-8-23-47/h1-45H. The fourth-order valence-electron chi connectivity index (χ4n) is 12.9. The van der Waals surface area contributed by atoms with Crippen molar-refractivity contribution in [3.05, 3.63) is 300 Å². The predicted molar refractivity (Wildman–Crippen MR) is 329 cm³/mol. The van der Waals surface area contributed by atoms with Crippen molar-refractivity contribution in [3.8, 4) is 44.9 Å². The number of ether oxygens (including phenoxy) is 1. The van der Waals surface area contributed by atoms with Gasteiger partial charge in [-0.1, -0.05) is 194 Å². The van der Waals surface area contributed by atoms with Gasteiger partial charge in [-0.3, -0.25) is 0 Å². The van der Waals surface area contributed by atoms with Crippen LogP contribution in [-0.2, 0) is 5.41 Å². The first-order valence-electron chi connectivity index (χ1n) is 26.7. The lowest BCUT2D eigenvalue weighted by Crippen LogP contribution is -2.32. The van der Waals surface area contributed by atoms with Crippen LogP contribution >= 0.6 is 22.9 Å². The Balaban J connectivity index is 0.917. The molecule has 1 aliphatic carbocycles. The summed E-state index contributed by atoms with van der Waals surface area (Å²) in [7, 11) is 0. The summed E-state index contributed by atoms with van der Waals surface area (Å²) in [4.78, 5) is 4.77. The number of benzene rings is 12. The molecule has 4 nitrogen and oxygen atoms in total. The molecule has 0 amide bonds. The summed E-state index contributed by atoms with van der Waals surface area (Å²) in [5, 5.41) is 5.19. The van der Waals surface area contributed by atoms with Gasteiger partial charge in [0.2, 0.25) is 0 Å². The first-order valence-corrected chi connectivity index (χ1v) is 27.9. The quantitative estimate of drug-likeness (QED) is 0.152. The predicted octanol–water partition coefficient (Wildman–Crippen LogP) is 21.3. The van der Waals surface area contributed by atoms with E-state index in [1.54, 1.807) is 0 Å². The molecule has 1 atom stereocenters. The third-order valence-electron chi connectivity index (χ3n) is 16.2. The van der Waals surface area contributed by atoms with E-state index in [1.807, 2.05) is 29.5 Å². The summed E-state index contributed by atoms with van der Waals surface area (Å²) in [6, 6.07) is 98.0. The second kappa shape index (κ2) is 18.0. The van der Waals surface area contributed by atoms with Crippen molar-refractivity contribution in [1.29, 1.82) is 0 Å². The van der Waals surface area contributed by atoms with E-state index >= 15 is 0 Å². The number of rotatable bonds is 8. The highest BCUT2D eigenvalue weighted by atomic mass is 35.5. The van der Waals surface area contributed by atoms with Crippen LogP contribution in [0.3, 0.4) is 0 Å². The molecular weight excluding hydrogens is 1000 g/mol. The molecule has 1 spiro atoms. The number of para-hydroxylation sites is 4. The van der Waals surface area contributed by atoms with Crippen molar-refractivity contribution >= 4 is 99.2 Å². The van der Waals surface area contributed by atoms with E-state index in [1.165, 1.54) is 42.4 Å². The van der Waals surface area contributed by atoms with Gasteiger partial charge in [0.25, 0.3) is 0 Å². The molecule has 0 radical (unpaired) electrons. The van der Waals surface area contributed by atoms with Crippen molar-refractivity contribution in [1.82, 2.24) is 0 Å². The molecule has 1 unspecified atom stereocenters. The molecular formula is C73H45ClN2O2S. The van der Waals surface area contributed by atoms with Crippen molar-refractivity contribution in [2.75, 3.05) is 9.80 Å². The summed E-state index contributed by atoms with van der Waals surface area (Å²) in [6.07, 6.45) is 0. The zero-order valence-corrected chi connectivity index (χ0v) is 44.1. The number of halogens is 1. The van der Waals surface area contributed by atoms with Crippen LogP contribution in [0.25, 0.3) is 75.5 Å². The Hall–Kier alpha value is -9.65. The minimum absolute atomic E-state index is 0.556. The first-order chi connectivity index (χ1) is 39.1. The van der Waals surface area contributed by atoms with E-state index in [9.17, 15) is 0 Å². The highest BCUT2D eigenvalue weighted by Crippen LogP contribution is 2.64. The molecule has 14 aromatic rings. The first kappa shape index (κ1) is 45.5. The Kier molecular flexibility index (Phi) is 10.4. The van der Waals surface area contributed by atoms with E-state index in [4.69, 9.17) is 20.8 Å². The van der Waals surface area contributed by atoms with Crippen LogP contribution in [0.5, 0.6) is 11.5 Å². The Morgan fingerprint density at radius 2 is 0.987 bits per heavy atom. The summed E-state index contributed by atoms with van der Waals surface area (Å²) < 4.78 is 16.4. The van der Waals surface area contributed by atoms with E-state index in [-0.39, 0.29) is 0 Å². The minimum atomic E-state index is -0.787. The van der Waals surface area contributed by atoms with E-state index in [2.05, 4.69) is 265 Å². The molecule has 0 saturated heterocycles. The van der Waals surface area contributed by atoms with Crippen molar-refractivity contribution in [2.24, 2.45) is 0 Å². The van der Waals surface area contributed by atoms with Gasteiger partial charge in [0.05, 0.1) is 16.1 Å². The Morgan fingerprint density at radius 3 is 1.77 bits per heavy atom. The summed E-state index contributed by atoms with van der Waals surface area (Å²) in [5.74, 6) is 1.39. The maximum Gasteiger partial charge on any atom is 0.150 e. The second-order valence-corrected chi connectivity index (χ2v) is 21.9. The molecule has 372 valence electrons. The van der Waals surface area contributed by atoms with E-state index < -0.39 is 5.41 Å². The van der Waals surface area contributed by atoms with Gasteiger partial charge < -0.3 is 19.0 Å². The van der Waals surface area contributed by atoms with Crippen molar-refractivity contribution in [2.45, 2.75) is 5.41 Å². The lowest BCUT2D eigenvalue weighted by Gasteiger charge is -2.40. The molecule has 12 aromatic carbocycles. The summed E-state index contributed by atoms with van der Waals surface area (Å²) in [5.41, 5.74) is 18.2. The molecule has 2 aliphatic rings. The van der Waals surface area contributed by atoms with Gasteiger partial charge >= 0.3 is 0 Å². The highest BCUT2D eigenvalue weighted by molar-refractivity contribution is 7.26. The van der Waals surface area contributed by atoms with Gasteiger partial charge in [-0.15, -0.1) is 11.3 Å². The molecule has 16 rings (SSSR count). The lowest BCUT2D eigenvalue weighted by atomic mass is 9.66. The number of thiophene rings is 1. The van der Waals surface area contributed by atoms with Crippen LogP contribution in [0.2, 0.25) is 5.02 Å². The maximum absolute atomic E-state index is 7.37. The van der Waals surface area contributed by atoms with Crippen LogP contribution in [0.15, 0.2) is 277 Å². The molecule has 79 heavy (non-hydrogen) atoms. The van der Waals surface area contributed by atoms with Gasteiger partial charge in [0, 0.05) is 87.7 Å². The average molecular weight is 1050 g/mol. The molecule has 2 aromatic heterocycles. The normalized spacial score (nSPS) is 14.0. The maximum atomic E-state index is 7.37. The SMILES string of the molecule is Clc1cccc2c1Oc1cc(N(c3ccccc3)c3cc(-c4ccccc4)c4oc5ccccc5c4c3)ccc1C21c2ccccc2-c2cc(N(c3ccccc3)c3ccc4sc5ccccc5c4c3-c3ccccc3)ccc21. The van der Waals surface area contributed by atoms with Gasteiger partial charge in [-0.25, -0.2) is 0 Å². The van der Waals surface area contributed by atoms with Crippen LogP contribution < -0.4 is 14.5 Å². The fourth-order valence-corrected chi connectivity index (χ4v) is 14.2. The number of anilines is 6.